The van der Waals surface area contributed by atoms with Gasteiger partial charge in [0.05, 0.1) is 5.60 Å². The normalized spacial score (nSPS) is 15.1. The van der Waals surface area contributed by atoms with Crippen molar-refractivity contribution in [2.24, 2.45) is 0 Å². The molecule has 0 radical (unpaired) electrons. The van der Waals surface area contributed by atoms with Crippen molar-refractivity contribution in [1.29, 1.82) is 0 Å². The first kappa shape index (κ1) is 15.8. The molecule has 0 heterocycles. The Bertz CT molecular complexity index is 388. The molecule has 108 valence electrons. The molecule has 0 fully saturated rings. The number of alkyl halides is 3. The van der Waals surface area contributed by atoms with E-state index in [1.165, 1.54) is 24.3 Å². The molecular formula is C13H18F3NO2. The van der Waals surface area contributed by atoms with Gasteiger partial charge in [0.15, 0.2) is 0 Å². The van der Waals surface area contributed by atoms with E-state index in [1.54, 1.807) is 6.92 Å². The van der Waals surface area contributed by atoms with E-state index in [4.69, 9.17) is 0 Å². The first-order chi connectivity index (χ1) is 8.72. The summed E-state index contributed by atoms with van der Waals surface area (Å²) >= 11 is 0. The Kier molecular flexibility index (Phi) is 5.20. The molecule has 1 unspecified atom stereocenters. The summed E-state index contributed by atoms with van der Waals surface area (Å²) in [5.41, 5.74) is -0.194. The zero-order valence-electron chi connectivity index (χ0n) is 10.9. The van der Waals surface area contributed by atoms with E-state index < -0.39 is 12.0 Å². The van der Waals surface area contributed by atoms with Gasteiger partial charge >= 0.3 is 6.36 Å². The molecule has 1 aromatic rings. The Labute approximate surface area is 110 Å². The standard InChI is InChI=1S/C13H18F3NO2/c1-3-17-9-12(2,18)8-10-4-6-11(7-5-10)19-13(14,15)16/h4-7,17-18H,3,8-9H2,1-2H3. The Hall–Kier alpha value is -1.27. The van der Waals surface area contributed by atoms with Gasteiger partial charge in [-0.15, -0.1) is 13.2 Å². The largest absolute Gasteiger partial charge is 0.573 e. The Balaban J connectivity index is 2.61. The number of hydrogen-bond donors (Lipinski definition) is 2. The minimum absolute atomic E-state index is 0.262. The number of nitrogens with one attached hydrogen (secondary N) is 1. The summed E-state index contributed by atoms with van der Waals surface area (Å²) in [6.07, 6.45) is -4.33. The number of ether oxygens (including phenoxy) is 1. The highest BCUT2D eigenvalue weighted by Crippen LogP contribution is 2.23. The molecule has 0 aliphatic carbocycles. The van der Waals surface area contributed by atoms with E-state index in [9.17, 15) is 18.3 Å². The summed E-state index contributed by atoms with van der Waals surface area (Å²) in [4.78, 5) is 0. The van der Waals surface area contributed by atoms with Crippen molar-refractivity contribution in [3.8, 4) is 5.75 Å². The summed E-state index contributed by atoms with van der Waals surface area (Å²) in [6.45, 7) is 4.77. The zero-order chi connectivity index (χ0) is 14.5. The van der Waals surface area contributed by atoms with Crippen LogP contribution in [0.1, 0.15) is 19.4 Å². The number of aliphatic hydroxyl groups is 1. The fourth-order valence-corrected chi connectivity index (χ4v) is 1.71. The predicted octanol–water partition coefficient (Wildman–Crippen LogP) is 2.49. The van der Waals surface area contributed by atoms with Crippen molar-refractivity contribution >= 4 is 0 Å². The molecule has 2 N–H and O–H groups in total. The first-order valence-corrected chi connectivity index (χ1v) is 6.00. The SMILES string of the molecule is CCNCC(C)(O)Cc1ccc(OC(F)(F)F)cc1. The third kappa shape index (κ3) is 6.45. The van der Waals surface area contributed by atoms with Gasteiger partial charge in [-0.25, -0.2) is 0 Å². The zero-order valence-corrected chi connectivity index (χ0v) is 10.9. The smallest absolute Gasteiger partial charge is 0.406 e. The molecular weight excluding hydrogens is 259 g/mol. The summed E-state index contributed by atoms with van der Waals surface area (Å²) < 4.78 is 39.7. The minimum Gasteiger partial charge on any atom is -0.406 e. The number of benzene rings is 1. The molecule has 0 aromatic heterocycles. The van der Waals surface area contributed by atoms with Crippen LogP contribution in [0.2, 0.25) is 0 Å². The maximum Gasteiger partial charge on any atom is 0.573 e. The minimum atomic E-state index is -4.68. The van der Waals surface area contributed by atoms with Crippen LogP contribution < -0.4 is 10.1 Å². The van der Waals surface area contributed by atoms with Gasteiger partial charge in [-0.05, 0) is 31.2 Å². The third-order valence-electron chi connectivity index (χ3n) is 2.50. The Morgan fingerprint density at radius 3 is 2.26 bits per heavy atom. The van der Waals surface area contributed by atoms with E-state index in [2.05, 4.69) is 10.1 Å². The molecule has 6 heteroatoms. The molecule has 1 aromatic carbocycles. The first-order valence-electron chi connectivity index (χ1n) is 6.00. The topological polar surface area (TPSA) is 41.5 Å². The molecule has 0 saturated heterocycles. The third-order valence-corrected chi connectivity index (χ3v) is 2.50. The van der Waals surface area contributed by atoms with Crippen molar-refractivity contribution in [2.75, 3.05) is 13.1 Å². The van der Waals surface area contributed by atoms with Crippen LogP contribution in [0.5, 0.6) is 5.75 Å². The molecule has 0 saturated carbocycles. The van der Waals surface area contributed by atoms with E-state index >= 15 is 0 Å². The van der Waals surface area contributed by atoms with E-state index in [1.807, 2.05) is 6.92 Å². The van der Waals surface area contributed by atoms with Crippen molar-refractivity contribution < 1.29 is 23.0 Å². The van der Waals surface area contributed by atoms with E-state index in [0.717, 1.165) is 12.1 Å². The average Bonchev–Trinajstić information content (AvgIpc) is 2.27. The summed E-state index contributed by atoms with van der Waals surface area (Å²) in [5.74, 6) is -0.262. The van der Waals surface area contributed by atoms with Gasteiger partial charge < -0.3 is 15.2 Å². The van der Waals surface area contributed by atoms with Crippen LogP contribution in [0, 0.1) is 0 Å². The average molecular weight is 277 g/mol. The van der Waals surface area contributed by atoms with E-state index in [0.29, 0.717) is 13.0 Å². The van der Waals surface area contributed by atoms with Gasteiger partial charge in [0.2, 0.25) is 0 Å². The summed E-state index contributed by atoms with van der Waals surface area (Å²) in [5, 5.41) is 13.1. The van der Waals surface area contributed by atoms with Gasteiger partial charge in [0.1, 0.15) is 5.75 Å². The highest BCUT2D eigenvalue weighted by atomic mass is 19.4. The molecule has 1 atom stereocenters. The Morgan fingerprint density at radius 1 is 1.21 bits per heavy atom. The van der Waals surface area contributed by atoms with Gasteiger partial charge in [0, 0.05) is 13.0 Å². The van der Waals surface area contributed by atoms with Gasteiger partial charge in [-0.1, -0.05) is 19.1 Å². The second-order valence-electron chi connectivity index (χ2n) is 4.65. The lowest BCUT2D eigenvalue weighted by Gasteiger charge is -2.23. The fraction of sp³-hybridized carbons (Fsp3) is 0.538. The second-order valence-corrected chi connectivity index (χ2v) is 4.65. The molecule has 3 nitrogen and oxygen atoms in total. The van der Waals surface area contributed by atoms with Gasteiger partial charge in [-0.3, -0.25) is 0 Å². The van der Waals surface area contributed by atoms with E-state index in [-0.39, 0.29) is 5.75 Å². The molecule has 19 heavy (non-hydrogen) atoms. The second kappa shape index (κ2) is 6.25. The lowest BCUT2D eigenvalue weighted by atomic mass is 9.96. The van der Waals surface area contributed by atoms with Crippen molar-refractivity contribution in [2.45, 2.75) is 32.2 Å². The summed E-state index contributed by atoms with van der Waals surface area (Å²) in [7, 11) is 0. The number of rotatable bonds is 6. The number of hydrogen-bond acceptors (Lipinski definition) is 3. The van der Waals surface area contributed by atoms with Crippen LogP contribution in [0.4, 0.5) is 13.2 Å². The van der Waals surface area contributed by atoms with Crippen molar-refractivity contribution in [3.63, 3.8) is 0 Å². The Morgan fingerprint density at radius 2 is 1.79 bits per heavy atom. The van der Waals surface area contributed by atoms with Gasteiger partial charge in [0.25, 0.3) is 0 Å². The monoisotopic (exact) mass is 277 g/mol. The highest BCUT2D eigenvalue weighted by molar-refractivity contribution is 5.28. The number of likely N-dealkylation sites (N-methyl/N-ethyl adjacent to an activating group) is 1. The molecule has 0 aliphatic rings. The maximum absolute atomic E-state index is 12.0. The van der Waals surface area contributed by atoms with Crippen LogP contribution in [0.25, 0.3) is 0 Å². The predicted molar refractivity (Wildman–Crippen MR) is 66.0 cm³/mol. The number of halogens is 3. The lowest BCUT2D eigenvalue weighted by molar-refractivity contribution is -0.274. The fourth-order valence-electron chi connectivity index (χ4n) is 1.71. The van der Waals surface area contributed by atoms with Crippen LogP contribution >= 0.6 is 0 Å². The molecule has 0 amide bonds. The molecule has 0 bridgehead atoms. The van der Waals surface area contributed by atoms with Crippen LogP contribution in [-0.2, 0) is 6.42 Å². The molecule has 0 spiro atoms. The molecule has 0 aliphatic heterocycles. The maximum atomic E-state index is 12.0. The molecule has 1 rings (SSSR count). The van der Waals surface area contributed by atoms with Crippen molar-refractivity contribution in [3.05, 3.63) is 29.8 Å². The van der Waals surface area contributed by atoms with Gasteiger partial charge in [-0.2, -0.15) is 0 Å². The van der Waals surface area contributed by atoms with Crippen LogP contribution in [-0.4, -0.2) is 30.2 Å². The lowest BCUT2D eigenvalue weighted by Crippen LogP contribution is -2.39. The van der Waals surface area contributed by atoms with Crippen LogP contribution in [0.3, 0.4) is 0 Å². The quantitative estimate of drug-likeness (QED) is 0.839. The van der Waals surface area contributed by atoms with Crippen LogP contribution in [0.15, 0.2) is 24.3 Å². The highest BCUT2D eigenvalue weighted by Gasteiger charge is 2.31. The van der Waals surface area contributed by atoms with Crippen molar-refractivity contribution in [1.82, 2.24) is 5.32 Å². The summed E-state index contributed by atoms with van der Waals surface area (Å²) in [6, 6.07) is 5.52.